The molecule has 0 radical (unpaired) electrons. The zero-order chi connectivity index (χ0) is 55.8. The van der Waals surface area contributed by atoms with Crippen LogP contribution >= 0.6 is 0 Å². The third kappa shape index (κ3) is 20.8. The summed E-state index contributed by atoms with van der Waals surface area (Å²) in [4.78, 5) is 141. The van der Waals surface area contributed by atoms with E-state index in [0.717, 1.165) is 0 Å². The van der Waals surface area contributed by atoms with Gasteiger partial charge >= 0.3 is 11.9 Å². The number of carboxylic acids is 2. The van der Waals surface area contributed by atoms with Crippen LogP contribution in [0.5, 0.6) is 5.75 Å². The highest BCUT2D eigenvalue weighted by molar-refractivity contribution is 5.99. The average molecular weight is 1050 g/mol. The van der Waals surface area contributed by atoms with Gasteiger partial charge in [-0.2, -0.15) is 0 Å². The van der Waals surface area contributed by atoms with E-state index in [1.165, 1.54) is 24.5 Å². The summed E-state index contributed by atoms with van der Waals surface area (Å²) in [6.45, 7) is 6.98. The number of unbranched alkanes of at least 4 members (excludes halogenated alkanes) is 1. The maximum Gasteiger partial charge on any atom is 0.326 e. The third-order valence-corrected chi connectivity index (χ3v) is 12.4. The molecule has 0 aliphatic rings. The minimum atomic E-state index is -1.92. The number of aliphatic carboxylic acids is 2. The molecule has 0 fully saturated rings. The Labute approximate surface area is 434 Å². The van der Waals surface area contributed by atoms with Crippen LogP contribution in [-0.2, 0) is 67.2 Å². The smallest absolute Gasteiger partial charge is 0.326 e. The highest BCUT2D eigenvalue weighted by Crippen LogP contribution is 2.15. The molecule has 1 heterocycles. The maximum absolute atomic E-state index is 14.4. The number of primary amides is 1. The fraction of sp³-hybridized carbons (Fsp3) is 0.500. The fourth-order valence-electron chi connectivity index (χ4n) is 7.65. The van der Waals surface area contributed by atoms with Crippen LogP contribution in [-0.4, -0.2) is 139 Å². The number of aromatic amines is 1. The van der Waals surface area contributed by atoms with Crippen molar-refractivity contribution in [2.45, 2.75) is 140 Å². The molecule has 10 atom stereocenters. The Hall–Kier alpha value is -7.93. The monoisotopic (exact) mass is 1050 g/mol. The number of hydrogen-bond acceptors (Lipinski definition) is 14. The summed E-state index contributed by atoms with van der Waals surface area (Å²) in [7, 11) is 0. The summed E-state index contributed by atoms with van der Waals surface area (Å²) in [6, 6.07) is 2.52. The van der Waals surface area contributed by atoms with Crippen LogP contribution in [0.1, 0.15) is 89.6 Å². The minimum Gasteiger partial charge on any atom is -0.508 e. The van der Waals surface area contributed by atoms with Gasteiger partial charge in [0.2, 0.25) is 47.3 Å². The molecule has 75 heavy (non-hydrogen) atoms. The number of phenols is 1. The van der Waals surface area contributed by atoms with Gasteiger partial charge < -0.3 is 74.7 Å². The first-order valence-corrected chi connectivity index (χ1v) is 24.7. The molecule has 0 saturated heterocycles. The van der Waals surface area contributed by atoms with E-state index in [0.29, 0.717) is 49.2 Å². The van der Waals surface area contributed by atoms with E-state index in [1.54, 1.807) is 70.2 Å². The van der Waals surface area contributed by atoms with Crippen molar-refractivity contribution >= 4 is 59.2 Å². The van der Waals surface area contributed by atoms with Crippen molar-refractivity contribution in [3.63, 3.8) is 0 Å². The SMILES string of the molecule is CCC(C)C(NC(=O)C(CC(=O)O)NC(=O)C(CC(N)=O)NC(=O)C(Cc1ccccc1)NC(=O)C(NC(=O)C(Cc1ncc[nH]1)NC(=O)C(N)Cc1ccc(O)cc1)C(C)CC)C(=O)NC(CCCCN)C(=O)O. The van der Waals surface area contributed by atoms with Crippen molar-refractivity contribution in [3.8, 4) is 5.75 Å². The predicted octanol–water partition coefficient (Wildman–Crippen LogP) is -1.48. The molecule has 1 aromatic heterocycles. The van der Waals surface area contributed by atoms with E-state index in [-0.39, 0.29) is 31.4 Å². The van der Waals surface area contributed by atoms with E-state index < -0.39 is 132 Å². The summed E-state index contributed by atoms with van der Waals surface area (Å²) < 4.78 is 0. The van der Waals surface area contributed by atoms with Gasteiger partial charge in [-0.05, 0) is 67.3 Å². The lowest BCUT2D eigenvalue weighted by Crippen LogP contribution is -2.62. The van der Waals surface area contributed by atoms with E-state index >= 15 is 0 Å². The number of nitrogens with one attached hydrogen (secondary N) is 8. The lowest BCUT2D eigenvalue weighted by Gasteiger charge is -2.29. The Morgan fingerprint density at radius 1 is 0.587 bits per heavy atom. The van der Waals surface area contributed by atoms with Crippen molar-refractivity contribution in [1.82, 2.24) is 47.2 Å². The first kappa shape index (κ1) is 61.4. The van der Waals surface area contributed by atoms with Crippen molar-refractivity contribution in [3.05, 3.63) is 83.9 Å². The van der Waals surface area contributed by atoms with Gasteiger partial charge in [0.15, 0.2) is 0 Å². The van der Waals surface area contributed by atoms with Crippen LogP contribution in [0.15, 0.2) is 67.0 Å². The maximum atomic E-state index is 14.4. The third-order valence-electron chi connectivity index (χ3n) is 12.4. The molecular formula is C50H72N12O13. The van der Waals surface area contributed by atoms with Gasteiger partial charge in [0.05, 0.1) is 18.9 Å². The Kier molecular flexibility index (Phi) is 25.3. The second-order valence-electron chi connectivity index (χ2n) is 18.3. The van der Waals surface area contributed by atoms with Gasteiger partial charge in [-0.3, -0.25) is 43.2 Å². The Morgan fingerprint density at radius 2 is 1.07 bits per heavy atom. The van der Waals surface area contributed by atoms with Gasteiger partial charge in [-0.15, -0.1) is 0 Å². The number of rotatable bonds is 33. The van der Waals surface area contributed by atoms with Crippen molar-refractivity contribution in [1.29, 1.82) is 0 Å². The number of nitrogens with two attached hydrogens (primary N) is 3. The molecule has 0 aliphatic carbocycles. The number of carboxylic acid groups (broad SMARTS) is 2. The lowest BCUT2D eigenvalue weighted by molar-refractivity contribution is -0.144. The number of amides is 8. The summed E-state index contributed by atoms with van der Waals surface area (Å²) in [5.41, 5.74) is 18.4. The predicted molar refractivity (Wildman–Crippen MR) is 271 cm³/mol. The first-order valence-electron chi connectivity index (χ1n) is 24.7. The molecule has 10 unspecified atom stereocenters. The quantitative estimate of drug-likeness (QED) is 0.0309. The molecule has 25 heteroatoms. The number of phenolic OH excluding ortho intramolecular Hbond substituents is 1. The largest absolute Gasteiger partial charge is 0.508 e. The Bertz CT molecular complexity index is 2390. The van der Waals surface area contributed by atoms with E-state index in [1.807, 2.05) is 0 Å². The second kappa shape index (κ2) is 31.0. The standard InChI is InChI=1S/C50H72N12O13/c1-5-27(3)41(48(72)56-33(50(74)75)14-10-11-19-51)62-47(71)37(26-40(65)66)59-45(69)35(24-38(53)64)58-44(68)34(23-29-12-8-7-9-13-29)60-49(73)42(28(4)6-2)61-46(70)36(25-39-54-20-21-55-39)57-43(67)32(52)22-30-15-17-31(63)18-16-30/h7-9,12-13,15-18,20-21,27-28,32-37,41-42,63H,5-6,10-11,14,19,22-26,51-52H2,1-4H3,(H2,53,64)(H,54,55)(H,56,72)(H,57,67)(H,58,68)(H,59,69)(H,60,73)(H,61,70)(H,62,71)(H,65,66)(H,74,75). The molecular weight excluding hydrogens is 977 g/mol. The highest BCUT2D eigenvalue weighted by atomic mass is 16.4. The molecule has 410 valence electrons. The zero-order valence-corrected chi connectivity index (χ0v) is 42.5. The number of H-pyrrole nitrogens is 1. The number of carbonyl (C=O) groups excluding carboxylic acids is 8. The van der Waals surface area contributed by atoms with Crippen LogP contribution in [0.2, 0.25) is 0 Å². The highest BCUT2D eigenvalue weighted by Gasteiger charge is 2.37. The van der Waals surface area contributed by atoms with Crippen LogP contribution in [0, 0.1) is 11.8 Å². The average Bonchev–Trinajstić information content (AvgIpc) is 3.89. The van der Waals surface area contributed by atoms with Gasteiger partial charge in [0.25, 0.3) is 0 Å². The van der Waals surface area contributed by atoms with Gasteiger partial charge in [-0.1, -0.05) is 83.0 Å². The molecule has 3 rings (SSSR count). The van der Waals surface area contributed by atoms with E-state index in [2.05, 4.69) is 47.2 Å². The number of aromatic hydroxyl groups is 1. The van der Waals surface area contributed by atoms with Gasteiger partial charge in [-0.25, -0.2) is 9.78 Å². The van der Waals surface area contributed by atoms with Crippen LogP contribution in [0.25, 0.3) is 0 Å². The summed E-state index contributed by atoms with van der Waals surface area (Å²) in [5.74, 6) is -11.6. The van der Waals surface area contributed by atoms with Crippen molar-refractivity contribution < 1.29 is 63.3 Å². The number of hydrogen-bond donors (Lipinski definition) is 14. The Morgan fingerprint density at radius 3 is 1.57 bits per heavy atom. The summed E-state index contributed by atoms with van der Waals surface area (Å²) in [6.07, 6.45) is 2.23. The zero-order valence-electron chi connectivity index (χ0n) is 42.5. The van der Waals surface area contributed by atoms with Crippen molar-refractivity contribution in [2.24, 2.45) is 29.0 Å². The normalized spacial score (nSPS) is 15.1. The molecule has 0 bridgehead atoms. The van der Waals surface area contributed by atoms with Gasteiger partial charge in [0.1, 0.15) is 53.9 Å². The minimum absolute atomic E-state index is 0.0170. The molecule has 2 aromatic carbocycles. The molecule has 17 N–H and O–H groups in total. The van der Waals surface area contributed by atoms with Crippen molar-refractivity contribution in [2.75, 3.05) is 6.54 Å². The van der Waals surface area contributed by atoms with Gasteiger partial charge in [0, 0.05) is 25.2 Å². The van der Waals surface area contributed by atoms with Crippen LogP contribution in [0.4, 0.5) is 0 Å². The lowest BCUT2D eigenvalue weighted by atomic mass is 9.96. The fourth-order valence-corrected chi connectivity index (χ4v) is 7.65. The number of benzene rings is 2. The van der Waals surface area contributed by atoms with E-state index in [9.17, 15) is 63.3 Å². The summed E-state index contributed by atoms with van der Waals surface area (Å²) >= 11 is 0. The number of nitrogens with zero attached hydrogens (tertiary/aromatic N) is 1. The number of imidazole rings is 1. The molecule has 0 aliphatic heterocycles. The first-order chi connectivity index (χ1) is 35.6. The molecule has 0 spiro atoms. The number of carbonyl (C=O) groups is 10. The van der Waals surface area contributed by atoms with Crippen LogP contribution in [0.3, 0.4) is 0 Å². The second-order valence-corrected chi connectivity index (χ2v) is 18.3. The molecule has 0 saturated carbocycles. The molecule has 3 aromatic rings. The summed E-state index contributed by atoms with van der Waals surface area (Å²) in [5, 5.41) is 46.6. The number of aromatic nitrogens is 2. The molecule has 8 amide bonds. The van der Waals surface area contributed by atoms with Crippen LogP contribution < -0.4 is 54.4 Å². The Balaban J connectivity index is 1.90. The van der Waals surface area contributed by atoms with E-state index in [4.69, 9.17) is 17.2 Å². The topological polar surface area (TPSA) is 422 Å². The molecule has 25 nitrogen and oxygen atoms in total.